The molecular weight excluding hydrogens is 494 g/mol. The molecule has 13 heteroatoms. The van der Waals surface area contributed by atoms with Gasteiger partial charge in [0.1, 0.15) is 10.8 Å². The second-order valence-corrected chi connectivity index (χ2v) is 9.86. The standard InChI is InChI=1S/C21H21N7O3S3/c1-3-31-15-8-6-14(7-9-15)28-17(11-22-19(30)16-5-4-10-32-16)25-27-21(28)33-12-18(29)23-20-26-24-13(2)34-20/h4-10H,3,11-12H2,1-2H3,(H,22,30)(H,23,26,29). The van der Waals surface area contributed by atoms with Crippen LogP contribution in [0.5, 0.6) is 5.75 Å². The van der Waals surface area contributed by atoms with Crippen LogP contribution in [0.2, 0.25) is 0 Å². The molecule has 4 rings (SSSR count). The molecule has 0 atom stereocenters. The number of carbonyl (C=O) groups is 2. The van der Waals surface area contributed by atoms with E-state index in [1.807, 2.05) is 54.1 Å². The lowest BCUT2D eigenvalue weighted by molar-refractivity contribution is -0.113. The molecule has 176 valence electrons. The molecule has 0 saturated heterocycles. The van der Waals surface area contributed by atoms with Crippen molar-refractivity contribution < 1.29 is 14.3 Å². The van der Waals surface area contributed by atoms with Crippen molar-refractivity contribution in [1.29, 1.82) is 0 Å². The van der Waals surface area contributed by atoms with Gasteiger partial charge in [-0.2, -0.15) is 0 Å². The molecule has 0 aliphatic heterocycles. The Labute approximate surface area is 207 Å². The summed E-state index contributed by atoms with van der Waals surface area (Å²) in [5.41, 5.74) is 0.788. The fraction of sp³-hybridized carbons (Fsp3) is 0.238. The number of nitrogens with zero attached hydrogens (tertiary/aromatic N) is 5. The monoisotopic (exact) mass is 515 g/mol. The number of thioether (sulfide) groups is 1. The normalized spacial score (nSPS) is 10.8. The van der Waals surface area contributed by atoms with Gasteiger partial charge in [-0.25, -0.2) is 0 Å². The van der Waals surface area contributed by atoms with Crippen LogP contribution in [0.4, 0.5) is 5.13 Å². The number of anilines is 1. The van der Waals surface area contributed by atoms with Crippen molar-refractivity contribution in [1.82, 2.24) is 30.3 Å². The quantitative estimate of drug-likeness (QED) is 0.307. The van der Waals surface area contributed by atoms with E-state index in [-0.39, 0.29) is 24.1 Å². The molecule has 0 aliphatic rings. The molecule has 2 amide bonds. The number of hydrogen-bond donors (Lipinski definition) is 2. The lowest BCUT2D eigenvalue weighted by atomic mass is 10.3. The van der Waals surface area contributed by atoms with Gasteiger partial charge in [0.05, 0.1) is 23.8 Å². The molecule has 34 heavy (non-hydrogen) atoms. The Hall–Kier alpha value is -3.29. The van der Waals surface area contributed by atoms with Gasteiger partial charge >= 0.3 is 0 Å². The minimum Gasteiger partial charge on any atom is -0.494 e. The Bertz CT molecular complexity index is 1250. The number of nitrogens with one attached hydrogen (secondary N) is 2. The van der Waals surface area contributed by atoms with Crippen molar-refractivity contribution >= 4 is 51.4 Å². The number of amides is 2. The van der Waals surface area contributed by atoms with Crippen molar-refractivity contribution in [2.45, 2.75) is 25.5 Å². The topological polar surface area (TPSA) is 124 Å². The minimum absolute atomic E-state index is 0.106. The second kappa shape index (κ2) is 11.2. The molecular formula is C21H21N7O3S3. The zero-order valence-electron chi connectivity index (χ0n) is 18.3. The molecule has 0 fully saturated rings. The highest BCUT2D eigenvalue weighted by Gasteiger charge is 2.18. The van der Waals surface area contributed by atoms with Crippen LogP contribution in [0, 0.1) is 6.92 Å². The van der Waals surface area contributed by atoms with Crippen molar-refractivity contribution in [2.24, 2.45) is 0 Å². The van der Waals surface area contributed by atoms with E-state index in [9.17, 15) is 9.59 Å². The van der Waals surface area contributed by atoms with Gasteiger partial charge in [-0.15, -0.1) is 31.7 Å². The van der Waals surface area contributed by atoms with E-state index in [2.05, 4.69) is 31.0 Å². The predicted octanol–water partition coefficient (Wildman–Crippen LogP) is 3.55. The van der Waals surface area contributed by atoms with Crippen molar-refractivity contribution in [2.75, 3.05) is 17.7 Å². The van der Waals surface area contributed by atoms with Crippen LogP contribution in [0.1, 0.15) is 27.4 Å². The summed E-state index contributed by atoms with van der Waals surface area (Å²) >= 11 is 3.91. The Morgan fingerprint density at radius 2 is 1.94 bits per heavy atom. The number of carbonyl (C=O) groups excluding carboxylic acids is 2. The van der Waals surface area contributed by atoms with Gasteiger partial charge < -0.3 is 10.1 Å². The van der Waals surface area contributed by atoms with E-state index in [1.54, 1.807) is 6.07 Å². The van der Waals surface area contributed by atoms with Crippen molar-refractivity contribution in [3.63, 3.8) is 0 Å². The molecule has 3 aromatic heterocycles. The number of aryl methyl sites for hydroxylation is 1. The zero-order valence-corrected chi connectivity index (χ0v) is 20.8. The first-order valence-corrected chi connectivity index (χ1v) is 12.9. The summed E-state index contributed by atoms with van der Waals surface area (Å²) in [5, 5.41) is 25.5. The summed E-state index contributed by atoms with van der Waals surface area (Å²) in [6, 6.07) is 11.1. The largest absolute Gasteiger partial charge is 0.494 e. The van der Waals surface area contributed by atoms with E-state index in [4.69, 9.17) is 4.74 Å². The molecule has 0 unspecified atom stereocenters. The predicted molar refractivity (Wildman–Crippen MR) is 132 cm³/mol. The third kappa shape index (κ3) is 5.98. The van der Waals surface area contributed by atoms with Gasteiger partial charge in [0, 0.05) is 5.69 Å². The van der Waals surface area contributed by atoms with Gasteiger partial charge in [-0.3, -0.25) is 19.5 Å². The van der Waals surface area contributed by atoms with Crippen LogP contribution in [0.25, 0.3) is 5.69 Å². The van der Waals surface area contributed by atoms with E-state index < -0.39 is 0 Å². The van der Waals surface area contributed by atoms with Gasteiger partial charge in [-0.05, 0) is 49.6 Å². The molecule has 3 heterocycles. The summed E-state index contributed by atoms with van der Waals surface area (Å²) in [5.74, 6) is 0.978. The van der Waals surface area contributed by atoms with Crippen LogP contribution >= 0.6 is 34.4 Å². The first kappa shape index (κ1) is 23.9. The summed E-state index contributed by atoms with van der Waals surface area (Å²) in [6.07, 6.45) is 0. The highest BCUT2D eigenvalue weighted by atomic mass is 32.2. The van der Waals surface area contributed by atoms with E-state index in [1.165, 1.54) is 34.4 Å². The molecule has 1 aromatic carbocycles. The van der Waals surface area contributed by atoms with Crippen LogP contribution in [-0.2, 0) is 11.3 Å². The fourth-order valence-electron chi connectivity index (χ4n) is 2.91. The maximum absolute atomic E-state index is 12.4. The lowest BCUT2D eigenvalue weighted by Gasteiger charge is -2.12. The number of benzene rings is 1. The van der Waals surface area contributed by atoms with Crippen LogP contribution in [-0.4, -0.2) is 49.1 Å². The number of ether oxygens (including phenoxy) is 1. The molecule has 4 aromatic rings. The summed E-state index contributed by atoms with van der Waals surface area (Å²) < 4.78 is 7.35. The summed E-state index contributed by atoms with van der Waals surface area (Å²) in [4.78, 5) is 25.4. The van der Waals surface area contributed by atoms with Crippen molar-refractivity contribution in [3.8, 4) is 11.4 Å². The Balaban J connectivity index is 1.51. The first-order chi connectivity index (χ1) is 16.5. The molecule has 0 radical (unpaired) electrons. The third-order valence-corrected chi connectivity index (χ3v) is 6.91. The number of aromatic nitrogens is 5. The number of hydrogen-bond acceptors (Lipinski definition) is 10. The van der Waals surface area contributed by atoms with Crippen molar-refractivity contribution in [3.05, 3.63) is 57.5 Å². The van der Waals surface area contributed by atoms with Gasteiger partial charge in [0.25, 0.3) is 5.91 Å². The third-order valence-electron chi connectivity index (χ3n) is 4.36. The van der Waals surface area contributed by atoms with Gasteiger partial charge in [0.15, 0.2) is 11.0 Å². The van der Waals surface area contributed by atoms with Crippen LogP contribution < -0.4 is 15.4 Å². The SMILES string of the molecule is CCOc1ccc(-n2c(CNC(=O)c3cccs3)nnc2SCC(=O)Nc2nnc(C)s2)cc1. The van der Waals surface area contributed by atoms with Crippen LogP contribution in [0.15, 0.2) is 46.9 Å². The maximum Gasteiger partial charge on any atom is 0.261 e. The molecule has 0 bridgehead atoms. The first-order valence-electron chi connectivity index (χ1n) is 10.3. The number of thiophene rings is 1. The average molecular weight is 516 g/mol. The molecule has 10 nitrogen and oxygen atoms in total. The lowest BCUT2D eigenvalue weighted by Crippen LogP contribution is -2.24. The number of rotatable bonds is 10. The Morgan fingerprint density at radius 1 is 1.12 bits per heavy atom. The summed E-state index contributed by atoms with van der Waals surface area (Å²) in [7, 11) is 0. The second-order valence-electron chi connectivity index (χ2n) is 6.78. The maximum atomic E-state index is 12.4. The van der Waals surface area contributed by atoms with Crippen LogP contribution in [0.3, 0.4) is 0 Å². The van der Waals surface area contributed by atoms with E-state index in [0.29, 0.717) is 27.6 Å². The highest BCUT2D eigenvalue weighted by Crippen LogP contribution is 2.24. The summed E-state index contributed by atoms with van der Waals surface area (Å²) in [6.45, 7) is 4.48. The molecule has 2 N–H and O–H groups in total. The van der Waals surface area contributed by atoms with E-state index in [0.717, 1.165) is 16.4 Å². The molecule has 0 saturated carbocycles. The smallest absolute Gasteiger partial charge is 0.261 e. The zero-order chi connectivity index (χ0) is 23.9. The molecule has 0 aliphatic carbocycles. The Morgan fingerprint density at radius 3 is 2.62 bits per heavy atom. The minimum atomic E-state index is -0.227. The Kier molecular flexibility index (Phi) is 7.87. The highest BCUT2D eigenvalue weighted by molar-refractivity contribution is 7.99. The van der Waals surface area contributed by atoms with E-state index >= 15 is 0 Å². The molecule has 0 spiro atoms. The average Bonchev–Trinajstić information content (AvgIpc) is 3.58. The fourth-order valence-corrected chi connectivity index (χ4v) is 4.93. The van der Waals surface area contributed by atoms with Gasteiger partial charge in [-0.1, -0.05) is 29.2 Å². The van der Waals surface area contributed by atoms with Gasteiger partial charge in [0.2, 0.25) is 11.0 Å².